The number of hydrogen-bond donors (Lipinski definition) is 0. The SMILES string of the molecule is COc1cc(OC)c(C(=O)Oc2ccc(C(=O)N(C)c3ccc(N(C)C(=O)c4ccc(OC(=O)c5cc(OC)c(OC)cc5OC)c(OC)c4)cc3)cc2OC)cc1OC. The molecule has 0 bridgehead atoms. The van der Waals surface area contributed by atoms with Crippen LogP contribution in [0.3, 0.4) is 0 Å². The van der Waals surface area contributed by atoms with Gasteiger partial charge in [0.05, 0.1) is 56.9 Å². The molecule has 16 nitrogen and oxygen atoms in total. The summed E-state index contributed by atoms with van der Waals surface area (Å²) in [5, 5.41) is 0. The second-order valence-corrected chi connectivity index (χ2v) is 12.6. The van der Waals surface area contributed by atoms with Gasteiger partial charge in [-0.3, -0.25) is 9.59 Å². The van der Waals surface area contributed by atoms with Gasteiger partial charge in [0.2, 0.25) is 0 Å². The molecule has 0 radical (unpaired) electrons. The summed E-state index contributed by atoms with van der Waals surface area (Å²) < 4.78 is 54.2. The topological polar surface area (TPSA) is 167 Å². The number of amides is 2. The number of methoxy groups -OCH3 is 8. The second kappa shape index (κ2) is 19.2. The maximum atomic E-state index is 13.6. The summed E-state index contributed by atoms with van der Waals surface area (Å²) in [6.07, 6.45) is 0. The highest BCUT2D eigenvalue weighted by Crippen LogP contribution is 2.38. The fourth-order valence-electron chi connectivity index (χ4n) is 5.98. The fourth-order valence-corrected chi connectivity index (χ4v) is 5.98. The van der Waals surface area contributed by atoms with Crippen LogP contribution in [0.1, 0.15) is 41.4 Å². The Morgan fingerprint density at radius 2 is 0.633 bits per heavy atom. The van der Waals surface area contributed by atoms with Crippen LogP contribution in [0.15, 0.2) is 84.9 Å². The third-order valence-corrected chi connectivity index (χ3v) is 9.31. The first-order valence-electron chi connectivity index (χ1n) is 17.9. The van der Waals surface area contributed by atoms with Gasteiger partial charge in [0.25, 0.3) is 11.8 Å². The van der Waals surface area contributed by atoms with Crippen molar-refractivity contribution < 1.29 is 66.5 Å². The van der Waals surface area contributed by atoms with Crippen molar-refractivity contribution in [1.29, 1.82) is 0 Å². The number of carbonyl (C=O) groups excluding carboxylic acids is 4. The summed E-state index contributed by atoms with van der Waals surface area (Å²) in [4.78, 5) is 56.5. The van der Waals surface area contributed by atoms with Crippen molar-refractivity contribution >= 4 is 35.1 Å². The third-order valence-electron chi connectivity index (χ3n) is 9.31. The van der Waals surface area contributed by atoms with Crippen molar-refractivity contribution in [3.63, 3.8) is 0 Å². The minimum atomic E-state index is -0.753. The second-order valence-electron chi connectivity index (χ2n) is 12.6. The Labute approximate surface area is 346 Å². The van der Waals surface area contributed by atoms with Crippen molar-refractivity contribution in [2.45, 2.75) is 0 Å². The Bertz CT molecular complexity index is 2230. The van der Waals surface area contributed by atoms with Crippen LogP contribution in [0.2, 0.25) is 0 Å². The van der Waals surface area contributed by atoms with Gasteiger partial charge in [-0.05, 0) is 60.7 Å². The third kappa shape index (κ3) is 9.07. The Kier molecular flexibility index (Phi) is 13.9. The van der Waals surface area contributed by atoms with E-state index in [4.69, 9.17) is 47.4 Å². The number of esters is 2. The molecule has 0 saturated carbocycles. The normalized spacial score (nSPS) is 10.4. The average molecular weight is 825 g/mol. The van der Waals surface area contributed by atoms with Gasteiger partial charge in [-0.25, -0.2) is 9.59 Å². The van der Waals surface area contributed by atoms with E-state index in [1.54, 1.807) is 38.4 Å². The minimum absolute atomic E-state index is 0.0687. The number of hydrogen-bond acceptors (Lipinski definition) is 14. The van der Waals surface area contributed by atoms with Gasteiger partial charge < -0.3 is 57.2 Å². The zero-order chi connectivity index (χ0) is 43.7. The molecule has 0 N–H and O–H groups in total. The van der Waals surface area contributed by atoms with Gasteiger partial charge in [-0.2, -0.15) is 0 Å². The van der Waals surface area contributed by atoms with Gasteiger partial charge in [0, 0.05) is 60.9 Å². The molecule has 0 fully saturated rings. The highest BCUT2D eigenvalue weighted by molar-refractivity contribution is 6.08. The number of carbonyl (C=O) groups is 4. The molecule has 16 heteroatoms. The molecule has 0 saturated heterocycles. The Hall–Kier alpha value is -7.62. The quantitative estimate of drug-likeness (QED) is 0.0757. The Morgan fingerprint density at radius 1 is 0.350 bits per heavy atom. The lowest BCUT2D eigenvalue weighted by atomic mass is 10.1. The van der Waals surface area contributed by atoms with E-state index < -0.39 is 11.9 Å². The predicted molar refractivity (Wildman–Crippen MR) is 220 cm³/mol. The van der Waals surface area contributed by atoms with Crippen molar-refractivity contribution in [2.75, 3.05) is 80.8 Å². The maximum absolute atomic E-state index is 13.6. The molecule has 5 rings (SSSR count). The van der Waals surface area contributed by atoms with Gasteiger partial charge in [0.15, 0.2) is 46.0 Å². The van der Waals surface area contributed by atoms with Crippen LogP contribution in [-0.4, -0.2) is 94.7 Å². The summed E-state index contributed by atoms with van der Waals surface area (Å²) in [6.45, 7) is 0. The van der Waals surface area contributed by atoms with E-state index in [0.717, 1.165) is 0 Å². The van der Waals surface area contributed by atoms with Crippen LogP contribution in [0.5, 0.6) is 57.5 Å². The smallest absolute Gasteiger partial charge is 0.347 e. The molecule has 0 aliphatic rings. The van der Waals surface area contributed by atoms with Gasteiger partial charge in [-0.1, -0.05) is 0 Å². The molecule has 314 valence electrons. The van der Waals surface area contributed by atoms with Gasteiger partial charge in [0.1, 0.15) is 22.6 Å². The average Bonchev–Trinajstić information content (AvgIpc) is 3.29. The van der Waals surface area contributed by atoms with E-state index in [2.05, 4.69) is 0 Å². The zero-order valence-electron chi connectivity index (χ0n) is 34.7. The van der Waals surface area contributed by atoms with Gasteiger partial charge >= 0.3 is 11.9 Å². The van der Waals surface area contributed by atoms with E-state index >= 15 is 0 Å². The van der Waals surface area contributed by atoms with E-state index in [0.29, 0.717) is 34.4 Å². The van der Waals surface area contributed by atoms with Crippen LogP contribution in [-0.2, 0) is 0 Å². The summed E-state index contributed by atoms with van der Waals surface area (Å²) in [6, 6.07) is 21.5. The van der Waals surface area contributed by atoms with E-state index in [1.165, 1.54) is 127 Å². The van der Waals surface area contributed by atoms with Crippen LogP contribution in [0.25, 0.3) is 0 Å². The molecule has 5 aromatic carbocycles. The van der Waals surface area contributed by atoms with Crippen molar-refractivity contribution in [2.24, 2.45) is 0 Å². The van der Waals surface area contributed by atoms with Crippen molar-refractivity contribution in [3.8, 4) is 57.5 Å². The Balaban J connectivity index is 1.27. The largest absolute Gasteiger partial charge is 0.496 e. The van der Waals surface area contributed by atoms with Crippen LogP contribution in [0.4, 0.5) is 11.4 Å². The van der Waals surface area contributed by atoms with Gasteiger partial charge in [-0.15, -0.1) is 0 Å². The van der Waals surface area contributed by atoms with Crippen molar-refractivity contribution in [1.82, 2.24) is 0 Å². The maximum Gasteiger partial charge on any atom is 0.347 e. The first kappa shape index (κ1) is 43.5. The van der Waals surface area contributed by atoms with E-state index in [9.17, 15) is 19.2 Å². The minimum Gasteiger partial charge on any atom is -0.496 e. The van der Waals surface area contributed by atoms with E-state index in [-0.39, 0.29) is 68.6 Å². The first-order valence-corrected chi connectivity index (χ1v) is 17.9. The lowest BCUT2D eigenvalue weighted by molar-refractivity contribution is 0.0716. The highest BCUT2D eigenvalue weighted by atomic mass is 16.6. The molecule has 0 aliphatic heterocycles. The number of ether oxygens (including phenoxy) is 10. The monoisotopic (exact) mass is 824 g/mol. The van der Waals surface area contributed by atoms with Crippen molar-refractivity contribution in [3.05, 3.63) is 107 Å². The molecule has 5 aromatic rings. The summed E-state index contributed by atoms with van der Waals surface area (Å²) >= 11 is 0. The molecule has 0 aromatic heterocycles. The van der Waals surface area contributed by atoms with Crippen LogP contribution >= 0.6 is 0 Å². The highest BCUT2D eigenvalue weighted by Gasteiger charge is 2.25. The molecule has 0 heterocycles. The summed E-state index contributed by atoms with van der Waals surface area (Å²) in [5.74, 6) is -0.122. The molecule has 0 atom stereocenters. The molecular weight excluding hydrogens is 780 g/mol. The number of nitrogens with zero attached hydrogens (tertiary/aromatic N) is 2. The van der Waals surface area contributed by atoms with Crippen LogP contribution < -0.4 is 57.2 Å². The molecular formula is C44H44N2O14. The number of benzene rings is 5. The molecule has 0 spiro atoms. The molecule has 2 amide bonds. The molecule has 60 heavy (non-hydrogen) atoms. The lowest BCUT2D eigenvalue weighted by Crippen LogP contribution is -2.27. The lowest BCUT2D eigenvalue weighted by Gasteiger charge is -2.21. The standard InChI is InChI=1S/C44H44N2O14/c1-45(41(47)25-11-17-31(35(19-25)53-5)59-43(49)29-21-37(55-7)39(57-9)23-33(29)51-3)27-13-15-28(16-14-27)46(2)42(48)26-12-18-32(36(20-26)54-6)60-44(50)30-22-38(56-8)40(58-10)24-34(30)52-4/h11-24H,1-10H3. The molecule has 0 aliphatic carbocycles. The molecule has 0 unspecified atom stereocenters. The van der Waals surface area contributed by atoms with E-state index in [1.807, 2.05) is 0 Å². The first-order chi connectivity index (χ1) is 28.9. The zero-order valence-corrected chi connectivity index (χ0v) is 34.7. The Morgan fingerprint density at radius 3 is 0.933 bits per heavy atom. The number of anilines is 2. The summed E-state index contributed by atoms with van der Waals surface area (Å²) in [7, 11) is 14.6. The summed E-state index contributed by atoms with van der Waals surface area (Å²) in [5.41, 5.74) is 1.72. The number of rotatable bonds is 16. The predicted octanol–water partition coefficient (Wildman–Crippen LogP) is 6.75. The fraction of sp³-hybridized carbons (Fsp3) is 0.227. The van der Waals surface area contributed by atoms with Crippen LogP contribution in [0, 0.1) is 0 Å².